The van der Waals surface area contributed by atoms with Crippen LogP contribution in [0.5, 0.6) is 0 Å². The maximum absolute atomic E-state index is 12.0. The molecule has 1 saturated carbocycles. The van der Waals surface area contributed by atoms with E-state index in [9.17, 15) is 14.7 Å². The normalized spacial score (nSPS) is 23.9. The Balaban J connectivity index is 2.71. The maximum Gasteiger partial charge on any atom is 0.343 e. The van der Waals surface area contributed by atoms with Gasteiger partial charge in [-0.2, -0.15) is 0 Å². The number of nitrogens with zero attached hydrogens (tertiary/aromatic N) is 1. The number of aliphatic hydroxyl groups excluding tert-OH is 1. The molecule has 0 aromatic rings. The van der Waals surface area contributed by atoms with Crippen molar-refractivity contribution in [2.24, 2.45) is 0 Å². The minimum absolute atomic E-state index is 0.0161. The number of likely N-dealkylation sites (N-methyl/N-ethyl adjacent to an activating group) is 1. The molecule has 1 aliphatic rings. The summed E-state index contributed by atoms with van der Waals surface area (Å²) in [5.74, 6) is -0.945. The van der Waals surface area contributed by atoms with Crippen LogP contribution in [-0.2, 0) is 14.3 Å². The molecule has 0 atom stereocenters. The molecule has 0 bridgehead atoms. The standard InChI is InChI=1S/C12H19NO4/c1-4-5-10(12(16)17-3)11(15)13(2)8-6-9(14)7-8/h5,8-9,14H,4,6-7H2,1-3H3/b10-5+. The maximum atomic E-state index is 12.0. The molecule has 1 amide bonds. The quantitative estimate of drug-likeness (QED) is 0.336. The van der Waals surface area contributed by atoms with Gasteiger partial charge in [0.25, 0.3) is 5.91 Å². The molecule has 0 aromatic carbocycles. The predicted octanol–water partition coefficient (Wildman–Crippen LogP) is 0.477. The Bertz CT molecular complexity index is 331. The Morgan fingerprint density at radius 1 is 1.47 bits per heavy atom. The van der Waals surface area contributed by atoms with Gasteiger partial charge < -0.3 is 14.7 Å². The van der Waals surface area contributed by atoms with Gasteiger partial charge in [0.2, 0.25) is 0 Å². The largest absolute Gasteiger partial charge is 0.465 e. The van der Waals surface area contributed by atoms with Crippen LogP contribution in [0, 0.1) is 0 Å². The van der Waals surface area contributed by atoms with Crippen LogP contribution in [0.3, 0.4) is 0 Å². The van der Waals surface area contributed by atoms with Gasteiger partial charge in [-0.15, -0.1) is 0 Å². The molecule has 1 aliphatic carbocycles. The van der Waals surface area contributed by atoms with Gasteiger partial charge in [-0.3, -0.25) is 4.79 Å². The summed E-state index contributed by atoms with van der Waals surface area (Å²) < 4.78 is 4.58. The molecular formula is C12H19NO4. The minimum atomic E-state index is -0.608. The summed E-state index contributed by atoms with van der Waals surface area (Å²) in [6.45, 7) is 1.85. The number of ether oxygens (including phenoxy) is 1. The van der Waals surface area contributed by atoms with Crippen LogP contribution in [0.1, 0.15) is 26.2 Å². The number of carbonyl (C=O) groups excluding carboxylic acids is 2. The third-order valence-electron chi connectivity index (χ3n) is 3.00. The molecule has 0 heterocycles. The van der Waals surface area contributed by atoms with Crippen molar-refractivity contribution in [3.63, 3.8) is 0 Å². The molecule has 1 fully saturated rings. The van der Waals surface area contributed by atoms with Crippen LogP contribution < -0.4 is 0 Å². The number of methoxy groups -OCH3 is 1. The molecule has 0 unspecified atom stereocenters. The van der Waals surface area contributed by atoms with Crippen molar-refractivity contribution in [1.29, 1.82) is 0 Å². The highest BCUT2D eigenvalue weighted by atomic mass is 16.5. The van der Waals surface area contributed by atoms with Gasteiger partial charge in [0.05, 0.1) is 13.2 Å². The first-order valence-corrected chi connectivity index (χ1v) is 5.74. The van der Waals surface area contributed by atoms with Crippen molar-refractivity contribution < 1.29 is 19.4 Å². The SMILES string of the molecule is CC/C=C(/C(=O)OC)C(=O)N(C)C1CC(O)C1. The fourth-order valence-electron chi connectivity index (χ4n) is 1.80. The number of hydrogen-bond acceptors (Lipinski definition) is 4. The highest BCUT2D eigenvalue weighted by molar-refractivity contribution is 6.16. The first kappa shape index (κ1) is 13.7. The summed E-state index contributed by atoms with van der Waals surface area (Å²) in [5.41, 5.74) is 0.0684. The first-order valence-electron chi connectivity index (χ1n) is 5.74. The third kappa shape index (κ3) is 3.06. The van der Waals surface area contributed by atoms with E-state index in [-0.39, 0.29) is 23.6 Å². The van der Waals surface area contributed by atoms with Crippen molar-refractivity contribution in [3.05, 3.63) is 11.6 Å². The molecule has 0 aliphatic heterocycles. The van der Waals surface area contributed by atoms with E-state index in [1.54, 1.807) is 13.1 Å². The number of rotatable bonds is 4. The van der Waals surface area contributed by atoms with Crippen LogP contribution in [0.15, 0.2) is 11.6 Å². The lowest BCUT2D eigenvalue weighted by Crippen LogP contribution is -2.48. The van der Waals surface area contributed by atoms with Gasteiger partial charge in [0.1, 0.15) is 5.57 Å². The van der Waals surface area contributed by atoms with E-state index in [1.807, 2.05) is 6.92 Å². The molecule has 0 aromatic heterocycles. The van der Waals surface area contributed by atoms with Gasteiger partial charge in [0.15, 0.2) is 0 Å². The summed E-state index contributed by atoms with van der Waals surface area (Å²) in [5, 5.41) is 9.20. The smallest absolute Gasteiger partial charge is 0.343 e. The van der Waals surface area contributed by atoms with Gasteiger partial charge in [-0.05, 0) is 19.3 Å². The van der Waals surface area contributed by atoms with E-state index in [2.05, 4.69) is 4.74 Å². The average Bonchev–Trinajstić information content (AvgIpc) is 2.29. The Labute approximate surface area is 101 Å². The van der Waals surface area contributed by atoms with Gasteiger partial charge in [-0.1, -0.05) is 13.0 Å². The van der Waals surface area contributed by atoms with Gasteiger partial charge >= 0.3 is 5.97 Å². The monoisotopic (exact) mass is 241 g/mol. The van der Waals surface area contributed by atoms with Crippen LogP contribution in [0.4, 0.5) is 0 Å². The van der Waals surface area contributed by atoms with E-state index < -0.39 is 5.97 Å². The topological polar surface area (TPSA) is 66.8 Å². The fourth-order valence-corrected chi connectivity index (χ4v) is 1.80. The lowest BCUT2D eigenvalue weighted by Gasteiger charge is -2.38. The molecule has 96 valence electrons. The van der Waals surface area contributed by atoms with Crippen molar-refractivity contribution in [1.82, 2.24) is 4.90 Å². The molecule has 0 radical (unpaired) electrons. The number of allylic oxidation sites excluding steroid dienone is 1. The second kappa shape index (κ2) is 5.82. The second-order valence-corrected chi connectivity index (χ2v) is 4.21. The van der Waals surface area contributed by atoms with E-state index >= 15 is 0 Å². The van der Waals surface area contributed by atoms with Crippen LogP contribution >= 0.6 is 0 Å². The van der Waals surface area contributed by atoms with E-state index in [0.717, 1.165) is 0 Å². The zero-order chi connectivity index (χ0) is 13.0. The molecule has 1 rings (SSSR count). The Kier molecular flexibility index (Phi) is 4.69. The molecule has 0 saturated heterocycles. The van der Waals surface area contributed by atoms with E-state index in [1.165, 1.54) is 12.0 Å². The summed E-state index contributed by atoms with van der Waals surface area (Å²) >= 11 is 0. The highest BCUT2D eigenvalue weighted by Crippen LogP contribution is 2.25. The zero-order valence-electron chi connectivity index (χ0n) is 10.5. The predicted molar refractivity (Wildman–Crippen MR) is 62.2 cm³/mol. The molecule has 1 N–H and O–H groups in total. The van der Waals surface area contributed by atoms with Gasteiger partial charge in [-0.25, -0.2) is 4.79 Å². The Morgan fingerprint density at radius 3 is 2.47 bits per heavy atom. The molecular weight excluding hydrogens is 222 g/mol. The number of hydrogen-bond donors (Lipinski definition) is 1. The molecule has 5 heteroatoms. The molecule has 0 spiro atoms. The summed E-state index contributed by atoms with van der Waals surface area (Å²) in [7, 11) is 2.90. The summed E-state index contributed by atoms with van der Waals surface area (Å²) in [6, 6.07) is 0.0161. The van der Waals surface area contributed by atoms with E-state index in [4.69, 9.17) is 0 Å². The summed E-state index contributed by atoms with van der Waals surface area (Å²) in [4.78, 5) is 25.0. The number of esters is 1. The lowest BCUT2D eigenvalue weighted by atomic mass is 9.88. The zero-order valence-corrected chi connectivity index (χ0v) is 10.5. The van der Waals surface area contributed by atoms with Gasteiger partial charge in [0, 0.05) is 13.1 Å². The van der Waals surface area contributed by atoms with Crippen LogP contribution in [0.2, 0.25) is 0 Å². The van der Waals surface area contributed by atoms with E-state index in [0.29, 0.717) is 19.3 Å². The fraction of sp³-hybridized carbons (Fsp3) is 0.667. The second-order valence-electron chi connectivity index (χ2n) is 4.21. The lowest BCUT2D eigenvalue weighted by molar-refractivity contribution is -0.141. The molecule has 5 nitrogen and oxygen atoms in total. The highest BCUT2D eigenvalue weighted by Gasteiger charge is 2.35. The van der Waals surface area contributed by atoms with Crippen molar-refractivity contribution in [3.8, 4) is 0 Å². The Hall–Kier alpha value is -1.36. The Morgan fingerprint density at radius 2 is 2.06 bits per heavy atom. The number of amides is 1. The van der Waals surface area contributed by atoms with Crippen LogP contribution in [-0.4, -0.2) is 48.2 Å². The van der Waals surface area contributed by atoms with Crippen molar-refractivity contribution >= 4 is 11.9 Å². The van der Waals surface area contributed by atoms with Crippen LogP contribution in [0.25, 0.3) is 0 Å². The number of carbonyl (C=O) groups is 2. The number of aliphatic hydroxyl groups is 1. The summed E-state index contributed by atoms with van der Waals surface area (Å²) in [6.07, 6.45) is 2.98. The molecule has 17 heavy (non-hydrogen) atoms. The third-order valence-corrected chi connectivity index (χ3v) is 3.00. The van der Waals surface area contributed by atoms with Crippen molar-refractivity contribution in [2.45, 2.75) is 38.3 Å². The first-order chi connectivity index (χ1) is 8.01. The average molecular weight is 241 g/mol. The minimum Gasteiger partial charge on any atom is -0.465 e. The van der Waals surface area contributed by atoms with Crippen molar-refractivity contribution in [2.75, 3.05) is 14.2 Å².